The summed E-state index contributed by atoms with van der Waals surface area (Å²) in [5, 5.41) is 4.00. The van der Waals surface area contributed by atoms with Crippen molar-refractivity contribution in [2.24, 2.45) is 5.92 Å². The molecule has 1 fully saturated rings. The van der Waals surface area contributed by atoms with E-state index in [0.29, 0.717) is 17.1 Å². The molecular weight excluding hydrogens is 280 g/mol. The zero-order valence-electron chi connectivity index (χ0n) is 12.6. The minimum Gasteiger partial charge on any atom is -0.397 e. The number of anilines is 1. The molecule has 22 heavy (non-hydrogen) atoms. The predicted octanol–water partition coefficient (Wildman–Crippen LogP) is 2.59. The number of aryl methyl sites for hydroxylation is 2. The van der Waals surface area contributed by atoms with Crippen LogP contribution in [-0.2, 0) is 6.54 Å². The smallest absolute Gasteiger partial charge is 0.326 e. The van der Waals surface area contributed by atoms with Gasteiger partial charge in [-0.15, -0.1) is 0 Å². The van der Waals surface area contributed by atoms with E-state index in [4.69, 9.17) is 10.3 Å². The molecule has 0 amide bonds. The van der Waals surface area contributed by atoms with Crippen LogP contribution in [0.2, 0.25) is 0 Å². The number of benzene rings is 1. The first-order valence-electron chi connectivity index (χ1n) is 7.50. The first kappa shape index (κ1) is 13.2. The number of aromatic amines is 1. The molecule has 4 rings (SSSR count). The van der Waals surface area contributed by atoms with Gasteiger partial charge in [-0.25, -0.2) is 4.79 Å². The van der Waals surface area contributed by atoms with E-state index in [1.54, 1.807) is 4.57 Å². The van der Waals surface area contributed by atoms with Gasteiger partial charge in [0.2, 0.25) is 0 Å². The molecule has 1 saturated carbocycles. The van der Waals surface area contributed by atoms with Gasteiger partial charge < -0.3 is 15.2 Å². The minimum absolute atomic E-state index is 0.0930. The number of nitrogen functional groups attached to an aromatic ring is 1. The van der Waals surface area contributed by atoms with Gasteiger partial charge in [-0.1, -0.05) is 5.16 Å². The Balaban J connectivity index is 1.96. The molecule has 3 N–H and O–H groups in total. The molecule has 0 saturated heterocycles. The molecule has 3 aromatic rings. The highest BCUT2D eigenvalue weighted by Crippen LogP contribution is 2.34. The summed E-state index contributed by atoms with van der Waals surface area (Å²) in [7, 11) is 0. The molecule has 1 aliphatic carbocycles. The fourth-order valence-corrected chi connectivity index (χ4v) is 3.06. The Morgan fingerprint density at radius 1 is 1.41 bits per heavy atom. The molecule has 0 atom stereocenters. The molecule has 6 heteroatoms. The number of H-pyrrole nitrogens is 1. The average Bonchev–Trinajstić information content (AvgIpc) is 3.15. The first-order valence-corrected chi connectivity index (χ1v) is 7.50. The van der Waals surface area contributed by atoms with Crippen molar-refractivity contribution in [1.29, 1.82) is 0 Å². The summed E-state index contributed by atoms with van der Waals surface area (Å²) in [6, 6.07) is 3.87. The van der Waals surface area contributed by atoms with E-state index in [9.17, 15) is 4.79 Å². The fourth-order valence-electron chi connectivity index (χ4n) is 3.06. The maximum absolute atomic E-state index is 12.2. The lowest BCUT2D eigenvalue weighted by atomic mass is 10.0. The number of nitrogens with zero attached hydrogens (tertiary/aromatic N) is 2. The van der Waals surface area contributed by atoms with Gasteiger partial charge in [-0.3, -0.25) is 4.57 Å². The quantitative estimate of drug-likeness (QED) is 0.727. The van der Waals surface area contributed by atoms with Crippen molar-refractivity contribution in [1.82, 2.24) is 14.7 Å². The molecule has 0 spiro atoms. The van der Waals surface area contributed by atoms with Crippen LogP contribution < -0.4 is 11.4 Å². The lowest BCUT2D eigenvalue weighted by Crippen LogP contribution is -2.17. The van der Waals surface area contributed by atoms with E-state index < -0.39 is 0 Å². The van der Waals surface area contributed by atoms with Crippen molar-refractivity contribution in [3.8, 4) is 11.1 Å². The number of imidazole rings is 1. The maximum atomic E-state index is 12.2. The molecule has 114 valence electrons. The summed E-state index contributed by atoms with van der Waals surface area (Å²) in [4.78, 5) is 15.1. The van der Waals surface area contributed by atoms with Gasteiger partial charge in [0.15, 0.2) is 0 Å². The van der Waals surface area contributed by atoms with Crippen LogP contribution in [-0.4, -0.2) is 14.7 Å². The standard InChI is InChI=1S/C16H18N4O2/c1-8-14(9(2)22-19-8)11-5-12(17)15-13(6-11)20(16(21)18-15)7-10-3-4-10/h5-6,10H,3-4,7,17H2,1-2H3,(H,18,21). The van der Waals surface area contributed by atoms with Crippen molar-refractivity contribution in [2.75, 3.05) is 5.73 Å². The summed E-state index contributed by atoms with van der Waals surface area (Å²) >= 11 is 0. The van der Waals surface area contributed by atoms with Crippen LogP contribution in [0.25, 0.3) is 22.2 Å². The molecule has 1 aromatic carbocycles. The van der Waals surface area contributed by atoms with Crippen LogP contribution in [0.4, 0.5) is 5.69 Å². The van der Waals surface area contributed by atoms with Gasteiger partial charge in [0, 0.05) is 12.1 Å². The Hall–Kier alpha value is -2.50. The Morgan fingerprint density at radius 2 is 2.18 bits per heavy atom. The van der Waals surface area contributed by atoms with Gasteiger partial charge in [0.1, 0.15) is 5.76 Å². The number of hydrogen-bond donors (Lipinski definition) is 2. The van der Waals surface area contributed by atoms with Gasteiger partial charge >= 0.3 is 5.69 Å². The Labute approximate surface area is 126 Å². The molecule has 2 aromatic heterocycles. The average molecular weight is 298 g/mol. The second-order valence-corrected chi connectivity index (χ2v) is 6.14. The SMILES string of the molecule is Cc1noc(C)c1-c1cc(N)c2[nH]c(=O)n(CC3CC3)c2c1. The molecule has 1 aliphatic rings. The van der Waals surface area contributed by atoms with E-state index >= 15 is 0 Å². The molecule has 0 unspecified atom stereocenters. The van der Waals surface area contributed by atoms with Crippen LogP contribution in [0.5, 0.6) is 0 Å². The largest absolute Gasteiger partial charge is 0.397 e. The third-order valence-corrected chi connectivity index (χ3v) is 4.38. The number of nitrogens with one attached hydrogen (secondary N) is 1. The summed E-state index contributed by atoms with van der Waals surface area (Å²) in [5.41, 5.74) is 10.9. The van der Waals surface area contributed by atoms with Crippen molar-refractivity contribution in [2.45, 2.75) is 33.2 Å². The van der Waals surface area contributed by atoms with E-state index in [1.165, 1.54) is 12.8 Å². The third-order valence-electron chi connectivity index (χ3n) is 4.38. The fraction of sp³-hybridized carbons (Fsp3) is 0.375. The number of aromatic nitrogens is 3. The van der Waals surface area contributed by atoms with Crippen molar-refractivity contribution >= 4 is 16.7 Å². The van der Waals surface area contributed by atoms with Crippen LogP contribution in [0.3, 0.4) is 0 Å². The lowest BCUT2D eigenvalue weighted by Gasteiger charge is -2.06. The summed E-state index contributed by atoms with van der Waals surface area (Å²) in [6.45, 7) is 4.54. The highest BCUT2D eigenvalue weighted by molar-refractivity contribution is 5.92. The molecule has 6 nitrogen and oxygen atoms in total. The molecular formula is C16H18N4O2. The van der Waals surface area contributed by atoms with Crippen LogP contribution in [0, 0.1) is 19.8 Å². The van der Waals surface area contributed by atoms with Crippen LogP contribution in [0.1, 0.15) is 24.3 Å². The zero-order chi connectivity index (χ0) is 15.4. The number of rotatable bonds is 3. The van der Waals surface area contributed by atoms with Crippen molar-refractivity contribution < 1.29 is 4.52 Å². The van der Waals surface area contributed by atoms with Gasteiger partial charge in [0.25, 0.3) is 0 Å². The zero-order valence-corrected chi connectivity index (χ0v) is 12.6. The monoisotopic (exact) mass is 298 g/mol. The lowest BCUT2D eigenvalue weighted by molar-refractivity contribution is 0.393. The second kappa shape index (κ2) is 4.50. The third kappa shape index (κ3) is 1.94. The summed E-state index contributed by atoms with van der Waals surface area (Å²) in [6.07, 6.45) is 2.39. The molecule has 0 bridgehead atoms. The summed E-state index contributed by atoms with van der Waals surface area (Å²) < 4.78 is 7.04. The van der Waals surface area contributed by atoms with E-state index in [-0.39, 0.29) is 5.69 Å². The van der Waals surface area contributed by atoms with Crippen molar-refractivity contribution in [3.05, 3.63) is 34.1 Å². The highest BCUT2D eigenvalue weighted by Gasteiger charge is 2.24. The molecule has 0 aliphatic heterocycles. The van der Waals surface area contributed by atoms with Crippen LogP contribution >= 0.6 is 0 Å². The van der Waals surface area contributed by atoms with Crippen LogP contribution in [0.15, 0.2) is 21.5 Å². The normalized spacial score (nSPS) is 14.8. The number of nitrogens with two attached hydrogens (primary N) is 1. The minimum atomic E-state index is -0.0930. The van der Waals surface area contributed by atoms with Crippen molar-refractivity contribution in [3.63, 3.8) is 0 Å². The number of fused-ring (bicyclic) bond motifs is 1. The maximum Gasteiger partial charge on any atom is 0.326 e. The Kier molecular flexibility index (Phi) is 2.69. The van der Waals surface area contributed by atoms with Gasteiger partial charge in [-0.05, 0) is 50.3 Å². The van der Waals surface area contributed by atoms with Gasteiger partial charge in [0.05, 0.1) is 22.4 Å². The topological polar surface area (TPSA) is 89.8 Å². The second-order valence-electron chi connectivity index (χ2n) is 6.14. The number of hydrogen-bond acceptors (Lipinski definition) is 4. The van der Waals surface area contributed by atoms with E-state index in [1.807, 2.05) is 26.0 Å². The van der Waals surface area contributed by atoms with E-state index in [2.05, 4.69) is 10.1 Å². The molecule has 2 heterocycles. The Bertz CT molecular complexity index is 908. The van der Waals surface area contributed by atoms with E-state index in [0.717, 1.165) is 34.6 Å². The molecule has 0 radical (unpaired) electrons. The predicted molar refractivity (Wildman–Crippen MR) is 84.7 cm³/mol. The Morgan fingerprint density at radius 3 is 2.82 bits per heavy atom. The highest BCUT2D eigenvalue weighted by atomic mass is 16.5. The first-order chi connectivity index (χ1) is 10.5. The van der Waals surface area contributed by atoms with Gasteiger partial charge in [-0.2, -0.15) is 0 Å². The summed E-state index contributed by atoms with van der Waals surface area (Å²) in [5.74, 6) is 1.36.